The molecule has 1 N–H and O–H groups in total. The number of nitrogens with one attached hydrogen (secondary N) is 1. The van der Waals surface area contributed by atoms with Crippen LogP contribution in [0.25, 0.3) is 0 Å². The van der Waals surface area contributed by atoms with Crippen LogP contribution in [0.3, 0.4) is 0 Å². The number of halogens is 1. The molecule has 0 unspecified atom stereocenters. The van der Waals surface area contributed by atoms with Gasteiger partial charge >= 0.3 is 0 Å². The first-order chi connectivity index (χ1) is 13.6. The third-order valence-electron chi connectivity index (χ3n) is 4.00. The van der Waals surface area contributed by atoms with E-state index in [2.05, 4.69) is 15.5 Å². The van der Waals surface area contributed by atoms with Gasteiger partial charge in [0.1, 0.15) is 11.6 Å². The van der Waals surface area contributed by atoms with Gasteiger partial charge in [-0.25, -0.2) is 4.39 Å². The zero-order valence-electron chi connectivity index (χ0n) is 15.5. The van der Waals surface area contributed by atoms with Crippen LogP contribution in [0.4, 0.5) is 4.39 Å². The molecule has 0 aliphatic carbocycles. The molecule has 3 rings (SSSR count). The first-order valence-corrected chi connectivity index (χ1v) is 10.9. The lowest BCUT2D eigenvalue weighted by atomic mass is 10.2. The van der Waals surface area contributed by atoms with Crippen molar-refractivity contribution in [1.29, 1.82) is 0 Å². The molecule has 3 aromatic rings. The Labute approximate surface area is 172 Å². The van der Waals surface area contributed by atoms with Crippen molar-refractivity contribution in [2.45, 2.75) is 23.2 Å². The average Bonchev–Trinajstić information content (AvgIpc) is 3.07. The molecule has 28 heavy (non-hydrogen) atoms. The summed E-state index contributed by atoms with van der Waals surface area (Å²) in [5.41, 5.74) is 2.14. The highest BCUT2D eigenvalue weighted by molar-refractivity contribution is 7.99. The van der Waals surface area contributed by atoms with Crippen molar-refractivity contribution in [3.8, 4) is 0 Å². The number of rotatable bonds is 9. The number of carbonyl (C=O) groups is 1. The fraction of sp³-hybridized carbons (Fsp3) is 0.250. The second-order valence-corrected chi connectivity index (χ2v) is 8.06. The van der Waals surface area contributed by atoms with Gasteiger partial charge in [0.2, 0.25) is 5.91 Å². The second-order valence-electron chi connectivity index (χ2n) is 6.13. The van der Waals surface area contributed by atoms with Crippen LogP contribution in [0, 0.1) is 5.82 Å². The summed E-state index contributed by atoms with van der Waals surface area (Å²) in [5, 5.41) is 12.0. The topological polar surface area (TPSA) is 59.8 Å². The molecule has 5 nitrogen and oxygen atoms in total. The summed E-state index contributed by atoms with van der Waals surface area (Å²) in [6.45, 7) is 0.518. The Morgan fingerprint density at radius 3 is 2.54 bits per heavy atom. The summed E-state index contributed by atoms with van der Waals surface area (Å²) in [6, 6.07) is 16.3. The van der Waals surface area contributed by atoms with Crippen molar-refractivity contribution in [2.24, 2.45) is 7.05 Å². The van der Waals surface area contributed by atoms with Crippen molar-refractivity contribution < 1.29 is 9.18 Å². The van der Waals surface area contributed by atoms with E-state index >= 15 is 0 Å². The van der Waals surface area contributed by atoms with Crippen molar-refractivity contribution in [1.82, 2.24) is 20.1 Å². The lowest BCUT2D eigenvalue weighted by molar-refractivity contribution is -0.118. The minimum Gasteiger partial charge on any atom is -0.351 e. The number of hydrogen-bond donors (Lipinski definition) is 1. The van der Waals surface area contributed by atoms with E-state index in [9.17, 15) is 9.18 Å². The lowest BCUT2D eigenvalue weighted by Crippen LogP contribution is -2.24. The maximum atomic E-state index is 12.9. The van der Waals surface area contributed by atoms with Crippen LogP contribution in [-0.2, 0) is 29.9 Å². The molecule has 0 saturated heterocycles. The number of hydrogen-bond acceptors (Lipinski definition) is 5. The van der Waals surface area contributed by atoms with Gasteiger partial charge in [0.05, 0.1) is 11.5 Å². The van der Waals surface area contributed by atoms with Crippen LogP contribution in [0.15, 0.2) is 59.8 Å². The summed E-state index contributed by atoms with van der Waals surface area (Å²) < 4.78 is 14.8. The number of thioether (sulfide) groups is 2. The van der Waals surface area contributed by atoms with Crippen molar-refractivity contribution in [2.75, 3.05) is 5.75 Å². The molecule has 0 atom stereocenters. The Kier molecular flexibility index (Phi) is 7.50. The van der Waals surface area contributed by atoms with Gasteiger partial charge in [0.25, 0.3) is 0 Å². The fourth-order valence-corrected chi connectivity index (χ4v) is 4.14. The Morgan fingerprint density at radius 1 is 1.04 bits per heavy atom. The van der Waals surface area contributed by atoms with E-state index in [1.54, 1.807) is 23.9 Å². The zero-order valence-corrected chi connectivity index (χ0v) is 17.1. The van der Waals surface area contributed by atoms with E-state index in [1.807, 2.05) is 41.9 Å². The molecule has 146 valence electrons. The molecule has 0 fully saturated rings. The van der Waals surface area contributed by atoms with E-state index in [4.69, 9.17) is 0 Å². The van der Waals surface area contributed by atoms with Gasteiger partial charge in [-0.2, -0.15) is 0 Å². The predicted octanol–water partition coefficient (Wildman–Crippen LogP) is 3.80. The van der Waals surface area contributed by atoms with Gasteiger partial charge in [0.15, 0.2) is 5.16 Å². The average molecular weight is 417 g/mol. The maximum absolute atomic E-state index is 12.9. The van der Waals surface area contributed by atoms with E-state index in [0.29, 0.717) is 23.2 Å². The molecule has 0 saturated carbocycles. The second kappa shape index (κ2) is 10.3. The Bertz CT molecular complexity index is 900. The molecule has 0 radical (unpaired) electrons. The van der Waals surface area contributed by atoms with Gasteiger partial charge in [0, 0.05) is 19.3 Å². The van der Waals surface area contributed by atoms with Gasteiger partial charge in [-0.3, -0.25) is 4.79 Å². The van der Waals surface area contributed by atoms with E-state index in [0.717, 1.165) is 22.7 Å². The number of carbonyl (C=O) groups excluding carboxylic acids is 1. The number of aromatic nitrogens is 3. The number of amides is 1. The van der Waals surface area contributed by atoms with Crippen molar-refractivity contribution >= 4 is 29.4 Å². The minimum atomic E-state index is -0.225. The smallest absolute Gasteiger partial charge is 0.230 e. The molecule has 1 amide bonds. The molecule has 0 bridgehead atoms. The third kappa shape index (κ3) is 6.10. The lowest BCUT2D eigenvalue weighted by Gasteiger charge is -2.06. The molecule has 8 heteroatoms. The molecule has 0 spiro atoms. The molecular weight excluding hydrogens is 395 g/mol. The Balaban J connectivity index is 1.42. The maximum Gasteiger partial charge on any atom is 0.230 e. The Hall–Kier alpha value is -2.32. The van der Waals surface area contributed by atoms with Gasteiger partial charge in [-0.1, -0.05) is 54.2 Å². The zero-order chi connectivity index (χ0) is 19.8. The van der Waals surface area contributed by atoms with Crippen molar-refractivity contribution in [3.63, 3.8) is 0 Å². The quantitative estimate of drug-likeness (QED) is 0.538. The first kappa shape index (κ1) is 20.4. The summed E-state index contributed by atoms with van der Waals surface area (Å²) >= 11 is 3.06. The standard InChI is InChI=1S/C20H21FN4OS2/c1-25-18(13-27-12-16-7-9-17(21)10-8-16)23-24-20(25)28-14-19(26)22-11-15-5-3-2-4-6-15/h2-10H,11-14H2,1H3,(H,22,26). The highest BCUT2D eigenvalue weighted by Gasteiger charge is 2.11. The molecular formula is C20H21FN4OS2. The highest BCUT2D eigenvalue weighted by atomic mass is 32.2. The summed E-state index contributed by atoms with van der Waals surface area (Å²) in [5.74, 6) is 2.35. The minimum absolute atomic E-state index is 0.0379. The third-order valence-corrected chi connectivity index (χ3v) is 6.02. The normalized spacial score (nSPS) is 10.8. The van der Waals surface area contributed by atoms with Crippen LogP contribution < -0.4 is 5.32 Å². The number of benzene rings is 2. The number of nitrogens with zero attached hydrogens (tertiary/aromatic N) is 3. The van der Waals surface area contributed by atoms with Gasteiger partial charge in [-0.15, -0.1) is 22.0 Å². The molecule has 1 aromatic heterocycles. The van der Waals surface area contributed by atoms with Crippen molar-refractivity contribution in [3.05, 3.63) is 77.4 Å². The van der Waals surface area contributed by atoms with E-state index < -0.39 is 0 Å². The summed E-state index contributed by atoms with van der Waals surface area (Å²) in [6.07, 6.45) is 0. The largest absolute Gasteiger partial charge is 0.351 e. The molecule has 0 aliphatic heterocycles. The summed E-state index contributed by atoms with van der Waals surface area (Å²) in [7, 11) is 1.90. The van der Waals surface area contributed by atoms with Crippen LogP contribution in [0.5, 0.6) is 0 Å². The fourth-order valence-electron chi connectivity index (χ4n) is 2.41. The van der Waals surface area contributed by atoms with Crippen LogP contribution >= 0.6 is 23.5 Å². The van der Waals surface area contributed by atoms with E-state index in [1.165, 1.54) is 23.9 Å². The van der Waals surface area contributed by atoms with E-state index in [-0.39, 0.29) is 11.7 Å². The molecule has 2 aromatic carbocycles. The van der Waals surface area contributed by atoms with Gasteiger partial charge < -0.3 is 9.88 Å². The first-order valence-electron chi connectivity index (χ1n) is 8.75. The monoisotopic (exact) mass is 416 g/mol. The predicted molar refractivity (Wildman–Crippen MR) is 111 cm³/mol. The highest BCUT2D eigenvalue weighted by Crippen LogP contribution is 2.20. The molecule has 0 aliphatic rings. The van der Waals surface area contributed by atoms with Gasteiger partial charge in [-0.05, 0) is 23.3 Å². The SMILES string of the molecule is Cn1c(CSCc2ccc(F)cc2)nnc1SCC(=O)NCc1ccccc1. The summed E-state index contributed by atoms with van der Waals surface area (Å²) in [4.78, 5) is 12.0. The molecule has 1 heterocycles. The Morgan fingerprint density at radius 2 is 1.79 bits per heavy atom. The van der Waals surface area contributed by atoms with Crippen LogP contribution in [0.2, 0.25) is 0 Å². The van der Waals surface area contributed by atoms with Crippen LogP contribution in [0.1, 0.15) is 17.0 Å². The van der Waals surface area contributed by atoms with Crippen LogP contribution in [-0.4, -0.2) is 26.4 Å².